The van der Waals surface area contributed by atoms with Gasteiger partial charge in [0.1, 0.15) is 10.6 Å². The third-order valence-electron chi connectivity index (χ3n) is 6.53. The number of ether oxygens (including phenoxy) is 2. The molecule has 0 spiro atoms. The highest BCUT2D eigenvalue weighted by Gasteiger charge is 2.31. The molecule has 38 heavy (non-hydrogen) atoms. The Morgan fingerprint density at radius 3 is 2.66 bits per heavy atom. The van der Waals surface area contributed by atoms with Gasteiger partial charge in [-0.25, -0.2) is 4.98 Å². The summed E-state index contributed by atoms with van der Waals surface area (Å²) in [6, 6.07) is 17.4. The fourth-order valence-electron chi connectivity index (χ4n) is 4.69. The summed E-state index contributed by atoms with van der Waals surface area (Å²) in [6.45, 7) is 6.54. The molecule has 4 aromatic rings. The molecule has 1 aliphatic rings. The number of fused-ring (bicyclic) bond motifs is 3. The molecule has 1 unspecified atom stereocenters. The highest BCUT2D eigenvalue weighted by molar-refractivity contribution is 7.99. The number of carbonyl (C=O) groups excluding carboxylic acids is 1. The van der Waals surface area contributed by atoms with E-state index in [9.17, 15) is 9.59 Å². The van der Waals surface area contributed by atoms with Crippen LogP contribution in [0.3, 0.4) is 0 Å². The van der Waals surface area contributed by atoms with E-state index in [1.54, 1.807) is 11.7 Å². The lowest BCUT2D eigenvalue weighted by molar-refractivity contribution is -0.119. The number of hydrogen-bond donors (Lipinski definition) is 1. The van der Waals surface area contributed by atoms with Gasteiger partial charge < -0.3 is 14.8 Å². The van der Waals surface area contributed by atoms with Crippen molar-refractivity contribution in [3.05, 3.63) is 81.0 Å². The Kier molecular flexibility index (Phi) is 7.61. The molecule has 0 bridgehead atoms. The first-order chi connectivity index (χ1) is 18.2. The molecule has 1 amide bonds. The molecule has 3 heterocycles. The highest BCUT2D eigenvalue weighted by atomic mass is 32.2. The zero-order valence-electron chi connectivity index (χ0n) is 21.9. The Hall–Kier alpha value is -3.14. The molecule has 7 nitrogen and oxygen atoms in total. The Bertz CT molecular complexity index is 1510. The second kappa shape index (κ2) is 10.9. The quantitative estimate of drug-likeness (QED) is 0.242. The van der Waals surface area contributed by atoms with Gasteiger partial charge in [-0.3, -0.25) is 14.2 Å². The predicted octanol–water partition coefficient (Wildman–Crippen LogP) is 5.15. The summed E-state index contributed by atoms with van der Waals surface area (Å²) in [5.41, 5.74) is 2.39. The van der Waals surface area contributed by atoms with Gasteiger partial charge in [0.2, 0.25) is 5.91 Å². The van der Waals surface area contributed by atoms with Crippen molar-refractivity contribution in [3.8, 4) is 11.4 Å². The van der Waals surface area contributed by atoms with Crippen LogP contribution in [0.5, 0.6) is 5.75 Å². The van der Waals surface area contributed by atoms with Crippen LogP contribution in [-0.2, 0) is 29.0 Å². The number of thiophene rings is 1. The maximum atomic E-state index is 14.0. The number of thioether (sulfide) groups is 1. The van der Waals surface area contributed by atoms with Gasteiger partial charge in [-0.15, -0.1) is 11.3 Å². The van der Waals surface area contributed by atoms with Crippen LogP contribution >= 0.6 is 23.1 Å². The number of carbonyl (C=O) groups is 1. The van der Waals surface area contributed by atoms with Crippen LogP contribution in [0.4, 0.5) is 0 Å². The van der Waals surface area contributed by atoms with Crippen molar-refractivity contribution in [2.75, 3.05) is 12.9 Å². The average molecular weight is 550 g/mol. The second-order valence-electron chi connectivity index (χ2n) is 10.1. The highest BCUT2D eigenvalue weighted by Crippen LogP contribution is 2.38. The van der Waals surface area contributed by atoms with Crippen molar-refractivity contribution in [1.82, 2.24) is 14.9 Å². The van der Waals surface area contributed by atoms with Crippen LogP contribution in [0, 0.1) is 0 Å². The molecule has 2 aromatic heterocycles. The van der Waals surface area contributed by atoms with E-state index in [4.69, 9.17) is 14.5 Å². The average Bonchev–Trinajstić information content (AvgIpc) is 3.25. The fourth-order valence-corrected chi connectivity index (χ4v) is 6.66. The van der Waals surface area contributed by atoms with Gasteiger partial charge in [0.15, 0.2) is 5.16 Å². The summed E-state index contributed by atoms with van der Waals surface area (Å²) in [4.78, 5) is 33.5. The molecule has 1 aliphatic heterocycles. The van der Waals surface area contributed by atoms with E-state index in [1.165, 1.54) is 28.7 Å². The number of methoxy groups -OCH3 is 1. The molecule has 5 rings (SSSR count). The number of nitrogens with zero attached hydrogens (tertiary/aromatic N) is 2. The molecule has 2 aromatic carbocycles. The van der Waals surface area contributed by atoms with E-state index >= 15 is 0 Å². The Morgan fingerprint density at radius 2 is 1.95 bits per heavy atom. The summed E-state index contributed by atoms with van der Waals surface area (Å²) < 4.78 is 12.9. The van der Waals surface area contributed by atoms with Crippen LogP contribution in [0.2, 0.25) is 0 Å². The molecule has 198 valence electrons. The van der Waals surface area contributed by atoms with Crippen molar-refractivity contribution in [1.29, 1.82) is 0 Å². The molecule has 0 saturated heterocycles. The normalized spacial score (nSPS) is 15.2. The molecule has 0 aliphatic carbocycles. The number of hydrogen-bond acceptors (Lipinski definition) is 7. The fraction of sp³-hybridized carbons (Fsp3) is 0.345. The van der Waals surface area contributed by atoms with Gasteiger partial charge in [0.05, 0.1) is 36.1 Å². The topological polar surface area (TPSA) is 82.5 Å². The van der Waals surface area contributed by atoms with E-state index in [1.807, 2.05) is 63.2 Å². The molecular formula is C29H31N3O4S2. The summed E-state index contributed by atoms with van der Waals surface area (Å²) in [7, 11) is 1.61. The zero-order valence-corrected chi connectivity index (χ0v) is 23.6. The van der Waals surface area contributed by atoms with Crippen LogP contribution in [0.1, 0.15) is 36.8 Å². The number of amides is 1. The van der Waals surface area contributed by atoms with Gasteiger partial charge in [0.25, 0.3) is 5.56 Å². The van der Waals surface area contributed by atoms with Crippen molar-refractivity contribution in [2.24, 2.45) is 0 Å². The second-order valence-corrected chi connectivity index (χ2v) is 12.1. The van der Waals surface area contributed by atoms with Crippen LogP contribution < -0.4 is 15.6 Å². The van der Waals surface area contributed by atoms with Gasteiger partial charge in [-0.1, -0.05) is 42.1 Å². The lowest BCUT2D eigenvalue weighted by Gasteiger charge is -2.29. The maximum Gasteiger partial charge on any atom is 0.267 e. The Labute approximate surface area is 230 Å². The Morgan fingerprint density at radius 1 is 1.21 bits per heavy atom. The number of benzene rings is 2. The summed E-state index contributed by atoms with van der Waals surface area (Å²) in [6.07, 6.45) is 1.40. The molecule has 0 saturated carbocycles. The molecule has 9 heteroatoms. The van der Waals surface area contributed by atoms with Gasteiger partial charge in [-0.2, -0.15) is 0 Å². The first-order valence-corrected chi connectivity index (χ1v) is 14.4. The van der Waals surface area contributed by atoms with Crippen molar-refractivity contribution in [2.45, 2.75) is 57.0 Å². The van der Waals surface area contributed by atoms with Crippen molar-refractivity contribution >= 4 is 39.2 Å². The van der Waals surface area contributed by atoms with Crippen LogP contribution in [-0.4, -0.2) is 40.0 Å². The standard InChI is InChI=1S/C29H31N3O4S2/c1-18(14-19-8-6-5-7-9-19)30-24(33)17-37-28-31-26-25(22-15-29(2,3)36-16-23(22)38-26)27(34)32(28)20-10-12-21(35-4)13-11-20/h5-13,18H,14-17H2,1-4H3,(H,30,33). The summed E-state index contributed by atoms with van der Waals surface area (Å²) in [5, 5.41) is 4.19. The minimum Gasteiger partial charge on any atom is -0.497 e. The van der Waals surface area contributed by atoms with Gasteiger partial charge in [-0.05, 0) is 62.6 Å². The smallest absolute Gasteiger partial charge is 0.267 e. The van der Waals surface area contributed by atoms with E-state index in [2.05, 4.69) is 17.4 Å². The van der Waals surface area contributed by atoms with Crippen LogP contribution in [0.15, 0.2) is 64.5 Å². The number of aromatic nitrogens is 2. The molecule has 1 atom stereocenters. The molecule has 1 N–H and O–H groups in total. The van der Waals surface area contributed by atoms with E-state index < -0.39 is 0 Å². The third kappa shape index (κ3) is 5.65. The molecule has 0 fully saturated rings. The SMILES string of the molecule is COc1ccc(-n2c(SCC(=O)NC(C)Cc3ccccc3)nc3sc4c(c3c2=O)CC(C)(C)OC4)cc1. The minimum absolute atomic E-state index is 0.0166. The zero-order chi connectivity index (χ0) is 26.9. The molecular weight excluding hydrogens is 518 g/mol. The summed E-state index contributed by atoms with van der Waals surface area (Å²) >= 11 is 2.77. The van der Waals surface area contributed by atoms with E-state index in [-0.39, 0.29) is 28.9 Å². The third-order valence-corrected chi connectivity index (χ3v) is 8.57. The number of rotatable bonds is 8. The largest absolute Gasteiger partial charge is 0.497 e. The van der Waals surface area contributed by atoms with Gasteiger partial charge >= 0.3 is 0 Å². The molecule has 0 radical (unpaired) electrons. The van der Waals surface area contributed by atoms with Gasteiger partial charge in [0, 0.05) is 17.3 Å². The summed E-state index contributed by atoms with van der Waals surface area (Å²) in [5.74, 6) is 0.743. The monoisotopic (exact) mass is 549 g/mol. The number of nitrogens with one attached hydrogen (secondary N) is 1. The van der Waals surface area contributed by atoms with Crippen molar-refractivity contribution in [3.63, 3.8) is 0 Å². The first kappa shape index (κ1) is 26.5. The predicted molar refractivity (Wildman–Crippen MR) is 153 cm³/mol. The lowest BCUT2D eigenvalue weighted by Crippen LogP contribution is -2.35. The lowest BCUT2D eigenvalue weighted by atomic mass is 9.94. The Balaban J connectivity index is 1.45. The van der Waals surface area contributed by atoms with Crippen LogP contribution in [0.25, 0.3) is 15.9 Å². The van der Waals surface area contributed by atoms with E-state index in [0.717, 1.165) is 16.9 Å². The maximum absolute atomic E-state index is 14.0. The minimum atomic E-state index is -0.347. The van der Waals surface area contributed by atoms with Crippen molar-refractivity contribution < 1.29 is 14.3 Å². The van der Waals surface area contributed by atoms with E-state index in [0.29, 0.717) is 39.8 Å². The first-order valence-electron chi connectivity index (χ1n) is 12.6.